The molecule has 1 saturated heterocycles. The summed E-state index contributed by atoms with van der Waals surface area (Å²) in [5.41, 5.74) is 2.48. The minimum Gasteiger partial charge on any atom is -0.374 e. The number of nitrogens with zero attached hydrogens (tertiary/aromatic N) is 3. The lowest BCUT2D eigenvalue weighted by atomic mass is 10.0. The number of rotatable bonds is 6. The largest absolute Gasteiger partial charge is 0.374 e. The molecule has 7 heteroatoms. The van der Waals surface area contributed by atoms with Gasteiger partial charge in [-0.15, -0.1) is 0 Å². The van der Waals surface area contributed by atoms with Crippen molar-refractivity contribution in [3.63, 3.8) is 0 Å². The van der Waals surface area contributed by atoms with Crippen molar-refractivity contribution in [1.82, 2.24) is 20.4 Å². The average Bonchev–Trinajstić information content (AvgIpc) is 3.00. The lowest BCUT2D eigenvalue weighted by molar-refractivity contribution is -0.0295. The van der Waals surface area contributed by atoms with Crippen LogP contribution in [0.4, 0.5) is 0 Å². The quantitative estimate of drug-likeness (QED) is 0.837. The van der Waals surface area contributed by atoms with Crippen LogP contribution >= 0.6 is 0 Å². The molecular weight excluding hydrogens is 344 g/mol. The molecule has 3 heterocycles. The second-order valence-corrected chi connectivity index (χ2v) is 8.05. The molecule has 1 aliphatic heterocycles. The van der Waals surface area contributed by atoms with Gasteiger partial charge in [-0.25, -0.2) is 4.98 Å². The van der Waals surface area contributed by atoms with E-state index in [9.17, 15) is 4.79 Å². The minimum atomic E-state index is -0.139. The summed E-state index contributed by atoms with van der Waals surface area (Å²) in [5.74, 6) is 0.673. The average molecular weight is 374 g/mol. The molecule has 0 spiro atoms. The third-order valence-electron chi connectivity index (χ3n) is 4.81. The molecule has 0 bridgehead atoms. The van der Waals surface area contributed by atoms with E-state index in [1.807, 2.05) is 26.8 Å². The molecule has 0 aromatic carbocycles. The summed E-state index contributed by atoms with van der Waals surface area (Å²) in [5, 5.41) is 7.69. The number of hydrogen-bond donors (Lipinski definition) is 1. The third-order valence-corrected chi connectivity index (χ3v) is 4.81. The van der Waals surface area contributed by atoms with Gasteiger partial charge in [0.25, 0.3) is 11.6 Å². The Balaban J connectivity index is 1.72. The molecule has 148 valence electrons. The maximum absolute atomic E-state index is 12.9. The molecule has 2 aromatic rings. The molecule has 2 aromatic heterocycles. The number of carbonyl (C=O) groups is 1. The summed E-state index contributed by atoms with van der Waals surface area (Å²) in [6, 6.07) is 1.85. The van der Waals surface area contributed by atoms with Gasteiger partial charge < -0.3 is 14.6 Å². The molecule has 1 fully saturated rings. The fraction of sp³-hybridized carbons (Fsp3) is 0.650. The number of carbonyl (C=O) groups excluding carboxylic acids is 1. The summed E-state index contributed by atoms with van der Waals surface area (Å²) < 4.78 is 11.1. The van der Waals surface area contributed by atoms with Gasteiger partial charge in [-0.05, 0) is 24.8 Å². The normalized spacial score (nSPS) is 18.6. The van der Waals surface area contributed by atoms with Gasteiger partial charge in [-0.2, -0.15) is 0 Å². The highest BCUT2D eigenvalue weighted by Crippen LogP contribution is 2.25. The number of ether oxygens (including phenoxy) is 1. The number of nitrogens with one attached hydrogen (secondary N) is 1. The Kier molecular flexibility index (Phi) is 6.11. The van der Waals surface area contributed by atoms with E-state index >= 15 is 0 Å². The maximum atomic E-state index is 12.9. The Morgan fingerprint density at radius 3 is 2.85 bits per heavy atom. The van der Waals surface area contributed by atoms with E-state index in [1.54, 1.807) is 0 Å². The molecule has 7 nitrogen and oxygen atoms in total. The monoisotopic (exact) mass is 374 g/mol. The first kappa shape index (κ1) is 19.8. The van der Waals surface area contributed by atoms with Crippen LogP contribution in [0.5, 0.6) is 0 Å². The number of hydrogen-bond acceptors (Lipinski definition) is 6. The standard InChI is InChI=1S/C20H30N4O3/c1-12(2)10-24-6-7-26-15(11-24)9-21-19(25)16-8-17(13(3)4)22-20-18(16)14(5)23-27-20/h8,12-13,15H,6-7,9-11H2,1-5H3,(H,21,25). The maximum Gasteiger partial charge on any atom is 0.259 e. The molecule has 3 rings (SSSR count). The van der Waals surface area contributed by atoms with Crippen LogP contribution in [0.1, 0.15) is 55.4 Å². The van der Waals surface area contributed by atoms with Gasteiger partial charge in [0.2, 0.25) is 0 Å². The van der Waals surface area contributed by atoms with Crippen LogP contribution < -0.4 is 5.32 Å². The zero-order valence-corrected chi connectivity index (χ0v) is 16.9. The van der Waals surface area contributed by atoms with Crippen molar-refractivity contribution in [3.8, 4) is 0 Å². The Morgan fingerprint density at radius 2 is 2.15 bits per heavy atom. The van der Waals surface area contributed by atoms with Crippen molar-refractivity contribution >= 4 is 17.0 Å². The summed E-state index contributed by atoms with van der Waals surface area (Å²) >= 11 is 0. The Morgan fingerprint density at radius 1 is 1.37 bits per heavy atom. The molecule has 1 aliphatic rings. The Hall–Kier alpha value is -1.99. The summed E-state index contributed by atoms with van der Waals surface area (Å²) in [4.78, 5) is 19.8. The fourth-order valence-electron chi connectivity index (χ4n) is 3.48. The van der Waals surface area contributed by atoms with E-state index in [-0.39, 0.29) is 17.9 Å². The summed E-state index contributed by atoms with van der Waals surface area (Å²) in [6.07, 6.45) is 0.00641. The van der Waals surface area contributed by atoms with Crippen molar-refractivity contribution in [1.29, 1.82) is 0 Å². The number of pyridine rings is 1. The van der Waals surface area contributed by atoms with Crippen molar-refractivity contribution < 1.29 is 14.1 Å². The number of fused-ring (bicyclic) bond motifs is 1. The molecule has 1 atom stereocenters. The van der Waals surface area contributed by atoms with Crippen molar-refractivity contribution in [2.24, 2.45) is 5.92 Å². The van der Waals surface area contributed by atoms with Crippen LogP contribution in [-0.2, 0) is 4.74 Å². The van der Waals surface area contributed by atoms with Crippen molar-refractivity contribution in [3.05, 3.63) is 23.0 Å². The smallest absolute Gasteiger partial charge is 0.259 e. The highest BCUT2D eigenvalue weighted by atomic mass is 16.5. The highest BCUT2D eigenvalue weighted by molar-refractivity contribution is 6.06. The van der Waals surface area contributed by atoms with Crippen LogP contribution in [-0.4, -0.2) is 59.8 Å². The van der Waals surface area contributed by atoms with Gasteiger partial charge in [-0.1, -0.05) is 32.9 Å². The third kappa shape index (κ3) is 4.65. The van der Waals surface area contributed by atoms with Crippen LogP contribution in [0.15, 0.2) is 10.6 Å². The first-order valence-electron chi connectivity index (χ1n) is 9.74. The highest BCUT2D eigenvalue weighted by Gasteiger charge is 2.23. The Bertz CT molecular complexity index is 800. The predicted octanol–water partition coefficient (Wildman–Crippen LogP) is 2.74. The zero-order chi connectivity index (χ0) is 19.6. The van der Waals surface area contributed by atoms with E-state index in [0.717, 1.165) is 25.3 Å². The van der Waals surface area contributed by atoms with Crippen LogP contribution in [0.25, 0.3) is 11.1 Å². The van der Waals surface area contributed by atoms with Gasteiger partial charge in [0, 0.05) is 31.9 Å². The van der Waals surface area contributed by atoms with Gasteiger partial charge in [0.1, 0.15) is 0 Å². The van der Waals surface area contributed by atoms with E-state index in [4.69, 9.17) is 9.26 Å². The molecule has 0 aliphatic carbocycles. The Labute approximate surface area is 160 Å². The first-order valence-corrected chi connectivity index (χ1v) is 9.74. The lowest BCUT2D eigenvalue weighted by Crippen LogP contribution is -2.48. The second kappa shape index (κ2) is 8.35. The number of aromatic nitrogens is 2. The van der Waals surface area contributed by atoms with Gasteiger partial charge in [0.15, 0.2) is 0 Å². The molecule has 0 saturated carbocycles. The molecule has 1 amide bonds. The zero-order valence-electron chi connectivity index (χ0n) is 16.9. The number of aryl methyl sites for hydroxylation is 1. The van der Waals surface area contributed by atoms with Crippen LogP contribution in [0, 0.1) is 12.8 Å². The van der Waals surface area contributed by atoms with E-state index in [1.165, 1.54) is 0 Å². The summed E-state index contributed by atoms with van der Waals surface area (Å²) in [7, 11) is 0. The van der Waals surface area contributed by atoms with Crippen LogP contribution in [0.3, 0.4) is 0 Å². The lowest BCUT2D eigenvalue weighted by Gasteiger charge is -2.34. The predicted molar refractivity (Wildman–Crippen MR) is 104 cm³/mol. The SMILES string of the molecule is Cc1noc2nc(C(C)C)cc(C(=O)NCC3CN(CC(C)C)CCO3)c12. The van der Waals surface area contributed by atoms with Crippen molar-refractivity contribution in [2.45, 2.75) is 46.6 Å². The van der Waals surface area contributed by atoms with Crippen LogP contribution in [0.2, 0.25) is 0 Å². The topological polar surface area (TPSA) is 80.5 Å². The van der Waals surface area contributed by atoms with Gasteiger partial charge in [0.05, 0.1) is 29.4 Å². The van der Waals surface area contributed by atoms with E-state index in [2.05, 4.69) is 34.2 Å². The second-order valence-electron chi connectivity index (χ2n) is 8.05. The summed E-state index contributed by atoms with van der Waals surface area (Å²) in [6.45, 7) is 14.4. The van der Waals surface area contributed by atoms with E-state index in [0.29, 0.717) is 41.4 Å². The van der Waals surface area contributed by atoms with Gasteiger partial charge in [-0.3, -0.25) is 9.69 Å². The molecule has 1 unspecified atom stereocenters. The van der Waals surface area contributed by atoms with E-state index < -0.39 is 0 Å². The van der Waals surface area contributed by atoms with Crippen molar-refractivity contribution in [2.75, 3.05) is 32.8 Å². The number of amides is 1. The van der Waals surface area contributed by atoms with Gasteiger partial charge >= 0.3 is 0 Å². The minimum absolute atomic E-state index is 0.00641. The fourth-order valence-corrected chi connectivity index (χ4v) is 3.48. The molecule has 0 radical (unpaired) electrons. The first-order chi connectivity index (χ1) is 12.8. The number of morpholine rings is 1. The molecule has 27 heavy (non-hydrogen) atoms. The molecular formula is C20H30N4O3. The molecule has 1 N–H and O–H groups in total.